The predicted molar refractivity (Wildman–Crippen MR) is 128 cm³/mol. The fraction of sp³-hybridized carbons (Fsp3) is 0.214. The summed E-state index contributed by atoms with van der Waals surface area (Å²) in [6.45, 7) is 5.81. The quantitative estimate of drug-likeness (QED) is 0.331. The van der Waals surface area contributed by atoms with E-state index in [4.69, 9.17) is 9.47 Å². The van der Waals surface area contributed by atoms with Crippen molar-refractivity contribution in [2.75, 3.05) is 13.7 Å². The van der Waals surface area contributed by atoms with Gasteiger partial charge in [-0.05, 0) is 47.0 Å². The van der Waals surface area contributed by atoms with Gasteiger partial charge in [-0.15, -0.1) is 0 Å². The molecule has 3 aromatic carbocycles. The van der Waals surface area contributed by atoms with Crippen LogP contribution in [0.15, 0.2) is 84.4 Å². The van der Waals surface area contributed by atoms with Gasteiger partial charge in [-0.1, -0.05) is 75.4 Å². The molecule has 3 aromatic rings. The number of ether oxygens (including phenoxy) is 2. The molecule has 164 valence electrons. The van der Waals surface area contributed by atoms with Crippen LogP contribution in [0.25, 0.3) is 17.2 Å². The molecule has 0 spiro atoms. The van der Waals surface area contributed by atoms with Crippen LogP contribution < -0.4 is 4.74 Å². The van der Waals surface area contributed by atoms with Crippen LogP contribution in [0.5, 0.6) is 5.75 Å². The Morgan fingerprint density at radius 2 is 1.41 bits per heavy atom. The minimum atomic E-state index is -0.543. The summed E-state index contributed by atoms with van der Waals surface area (Å²) >= 11 is 0. The standard InChI is InChI=1S/C28H28O4/c1-28(2,3)26(29)24(18-20-10-12-23(13-11-20)27(30)31-4)19-32-25-16-14-22(15-17-25)21-8-6-5-7-9-21/h5-18H,19H2,1-4H3/b24-18+. The van der Waals surface area contributed by atoms with Crippen LogP contribution in [-0.2, 0) is 9.53 Å². The first-order valence-corrected chi connectivity index (χ1v) is 10.5. The Bertz CT molecular complexity index is 1090. The van der Waals surface area contributed by atoms with E-state index in [0.717, 1.165) is 16.7 Å². The average Bonchev–Trinajstić information content (AvgIpc) is 2.81. The lowest BCUT2D eigenvalue weighted by Gasteiger charge is -2.19. The van der Waals surface area contributed by atoms with Crippen molar-refractivity contribution in [2.45, 2.75) is 20.8 Å². The highest BCUT2D eigenvalue weighted by atomic mass is 16.5. The van der Waals surface area contributed by atoms with Crippen LogP contribution in [-0.4, -0.2) is 25.5 Å². The first-order valence-electron chi connectivity index (χ1n) is 10.5. The zero-order chi connectivity index (χ0) is 23.1. The summed E-state index contributed by atoms with van der Waals surface area (Å²) in [6, 6.07) is 24.9. The zero-order valence-corrected chi connectivity index (χ0v) is 18.9. The lowest BCUT2D eigenvalue weighted by molar-refractivity contribution is -0.122. The zero-order valence-electron chi connectivity index (χ0n) is 18.9. The van der Waals surface area contributed by atoms with Crippen molar-refractivity contribution in [1.82, 2.24) is 0 Å². The molecule has 0 unspecified atom stereocenters. The van der Waals surface area contributed by atoms with Gasteiger partial charge in [0.05, 0.1) is 12.7 Å². The Balaban J connectivity index is 1.78. The molecule has 0 N–H and O–H groups in total. The number of ketones is 1. The maximum absolute atomic E-state index is 13.0. The summed E-state index contributed by atoms with van der Waals surface area (Å²) in [6.07, 6.45) is 1.81. The Labute approximate surface area is 189 Å². The van der Waals surface area contributed by atoms with Gasteiger partial charge in [0, 0.05) is 11.0 Å². The van der Waals surface area contributed by atoms with Gasteiger partial charge < -0.3 is 9.47 Å². The van der Waals surface area contributed by atoms with Crippen LogP contribution in [0.1, 0.15) is 36.7 Å². The van der Waals surface area contributed by atoms with Gasteiger partial charge in [0.1, 0.15) is 12.4 Å². The molecule has 0 amide bonds. The van der Waals surface area contributed by atoms with Crippen LogP contribution >= 0.6 is 0 Å². The van der Waals surface area contributed by atoms with E-state index in [9.17, 15) is 9.59 Å². The second kappa shape index (κ2) is 10.1. The maximum atomic E-state index is 13.0. The van der Waals surface area contributed by atoms with E-state index in [2.05, 4.69) is 12.1 Å². The summed E-state index contributed by atoms with van der Waals surface area (Å²) < 4.78 is 10.7. The number of carbonyl (C=O) groups excluding carboxylic acids is 2. The summed E-state index contributed by atoms with van der Waals surface area (Å²) in [7, 11) is 1.35. The predicted octanol–water partition coefficient (Wildman–Crippen LogP) is 6.22. The molecule has 0 heterocycles. The van der Waals surface area contributed by atoms with E-state index < -0.39 is 11.4 Å². The number of hydrogen-bond donors (Lipinski definition) is 0. The highest BCUT2D eigenvalue weighted by Crippen LogP contribution is 2.25. The molecule has 0 bridgehead atoms. The summed E-state index contributed by atoms with van der Waals surface area (Å²) in [5, 5.41) is 0. The molecule has 0 saturated carbocycles. The molecule has 0 aromatic heterocycles. The molecule has 0 aliphatic rings. The number of methoxy groups -OCH3 is 1. The Hall–Kier alpha value is -3.66. The summed E-state index contributed by atoms with van der Waals surface area (Å²) in [5.74, 6) is 0.308. The molecular weight excluding hydrogens is 400 g/mol. The Morgan fingerprint density at radius 3 is 1.97 bits per heavy atom. The molecule has 0 saturated heterocycles. The first kappa shape index (κ1) is 23.0. The van der Waals surface area contributed by atoms with Crippen molar-refractivity contribution in [1.29, 1.82) is 0 Å². The SMILES string of the molecule is COC(=O)c1ccc(/C=C(\COc2ccc(-c3ccccc3)cc2)C(=O)C(C)(C)C)cc1. The van der Waals surface area contributed by atoms with Gasteiger partial charge in [0.15, 0.2) is 5.78 Å². The smallest absolute Gasteiger partial charge is 0.337 e. The van der Waals surface area contributed by atoms with Gasteiger partial charge in [-0.2, -0.15) is 0 Å². The molecule has 4 heteroatoms. The fourth-order valence-corrected chi connectivity index (χ4v) is 3.22. The molecule has 4 nitrogen and oxygen atoms in total. The summed E-state index contributed by atoms with van der Waals surface area (Å²) in [5.41, 5.74) is 3.54. The van der Waals surface area contributed by atoms with E-state index in [1.807, 2.05) is 69.3 Å². The lowest BCUT2D eigenvalue weighted by Crippen LogP contribution is -2.25. The minimum Gasteiger partial charge on any atom is -0.489 e. The third-order valence-corrected chi connectivity index (χ3v) is 5.00. The van der Waals surface area contributed by atoms with E-state index in [0.29, 0.717) is 16.9 Å². The molecule has 0 aliphatic heterocycles. The first-order chi connectivity index (χ1) is 15.3. The van der Waals surface area contributed by atoms with Crippen LogP contribution in [0, 0.1) is 5.41 Å². The average molecular weight is 429 g/mol. The molecule has 0 aliphatic carbocycles. The number of rotatable bonds is 7. The van der Waals surface area contributed by atoms with Crippen molar-refractivity contribution in [3.63, 3.8) is 0 Å². The van der Waals surface area contributed by atoms with E-state index in [1.54, 1.807) is 24.3 Å². The topological polar surface area (TPSA) is 52.6 Å². The van der Waals surface area contributed by atoms with Crippen LogP contribution in [0.3, 0.4) is 0 Å². The van der Waals surface area contributed by atoms with Crippen molar-refractivity contribution in [3.05, 3.63) is 95.6 Å². The van der Waals surface area contributed by atoms with Crippen molar-refractivity contribution >= 4 is 17.8 Å². The highest BCUT2D eigenvalue weighted by Gasteiger charge is 2.25. The van der Waals surface area contributed by atoms with E-state index in [1.165, 1.54) is 7.11 Å². The fourth-order valence-electron chi connectivity index (χ4n) is 3.22. The summed E-state index contributed by atoms with van der Waals surface area (Å²) in [4.78, 5) is 24.7. The van der Waals surface area contributed by atoms with E-state index in [-0.39, 0.29) is 12.4 Å². The van der Waals surface area contributed by atoms with Gasteiger partial charge >= 0.3 is 5.97 Å². The molecule has 0 fully saturated rings. The van der Waals surface area contributed by atoms with Gasteiger partial charge in [-0.25, -0.2) is 4.79 Å². The van der Waals surface area contributed by atoms with Crippen molar-refractivity contribution in [3.8, 4) is 16.9 Å². The number of carbonyl (C=O) groups is 2. The van der Waals surface area contributed by atoms with Gasteiger partial charge in [0.25, 0.3) is 0 Å². The van der Waals surface area contributed by atoms with Gasteiger partial charge in [-0.3, -0.25) is 4.79 Å². The maximum Gasteiger partial charge on any atom is 0.337 e. The van der Waals surface area contributed by atoms with Crippen molar-refractivity contribution < 1.29 is 19.1 Å². The van der Waals surface area contributed by atoms with E-state index >= 15 is 0 Å². The number of esters is 1. The molecule has 0 atom stereocenters. The third kappa shape index (κ3) is 5.94. The minimum absolute atomic E-state index is 0.00968. The second-order valence-corrected chi connectivity index (χ2v) is 8.54. The monoisotopic (exact) mass is 428 g/mol. The van der Waals surface area contributed by atoms with Crippen LogP contribution in [0.4, 0.5) is 0 Å². The Kier molecular flexibility index (Phi) is 7.26. The number of Topliss-reactive ketones (excluding diaryl/α,β-unsaturated/α-hetero) is 1. The molecule has 0 radical (unpaired) electrons. The number of benzene rings is 3. The number of hydrogen-bond acceptors (Lipinski definition) is 4. The van der Waals surface area contributed by atoms with Gasteiger partial charge in [0.2, 0.25) is 0 Å². The second-order valence-electron chi connectivity index (χ2n) is 8.54. The van der Waals surface area contributed by atoms with Crippen LogP contribution in [0.2, 0.25) is 0 Å². The third-order valence-electron chi connectivity index (χ3n) is 5.00. The Morgan fingerprint density at radius 1 is 0.812 bits per heavy atom. The largest absolute Gasteiger partial charge is 0.489 e. The normalized spacial score (nSPS) is 11.7. The molecular formula is C28H28O4. The molecule has 32 heavy (non-hydrogen) atoms. The lowest BCUT2D eigenvalue weighted by atomic mass is 9.86. The molecule has 3 rings (SSSR count). The van der Waals surface area contributed by atoms with Crippen molar-refractivity contribution in [2.24, 2.45) is 5.41 Å². The highest BCUT2D eigenvalue weighted by molar-refractivity contribution is 6.03.